The second-order valence-electron chi connectivity index (χ2n) is 10.1. The molecule has 0 bridgehead atoms. The van der Waals surface area contributed by atoms with E-state index in [1.54, 1.807) is 18.4 Å². The molecule has 0 saturated carbocycles. The van der Waals surface area contributed by atoms with Crippen molar-refractivity contribution >= 4 is 33.8 Å². The fourth-order valence-electron chi connectivity index (χ4n) is 5.63. The van der Waals surface area contributed by atoms with Crippen LogP contribution in [-0.4, -0.2) is 48.7 Å². The first kappa shape index (κ1) is 25.3. The van der Waals surface area contributed by atoms with Crippen LogP contribution in [0.1, 0.15) is 28.3 Å². The van der Waals surface area contributed by atoms with Crippen LogP contribution in [0.15, 0.2) is 103 Å². The average Bonchev–Trinajstić information content (AvgIpc) is 3.66. The van der Waals surface area contributed by atoms with Gasteiger partial charge >= 0.3 is 0 Å². The maximum Gasteiger partial charge on any atom is 0.223 e. The monoisotopic (exact) mass is 535 g/mol. The number of nitrogens with zero attached hydrogens (tertiary/aromatic N) is 3. The number of carbonyl (C=O) groups excluding carboxylic acids is 1. The molecular formula is C33H33N3O2S. The number of methoxy groups -OCH3 is 1. The fraction of sp³-hybridized carbons (Fsp3) is 0.242. The van der Waals surface area contributed by atoms with Gasteiger partial charge < -0.3 is 19.1 Å². The van der Waals surface area contributed by atoms with Crippen molar-refractivity contribution in [3.05, 3.63) is 119 Å². The van der Waals surface area contributed by atoms with Gasteiger partial charge in [0.25, 0.3) is 0 Å². The van der Waals surface area contributed by atoms with Crippen LogP contribution in [0.2, 0.25) is 0 Å². The summed E-state index contributed by atoms with van der Waals surface area (Å²) in [6.07, 6.45) is 2.75. The molecule has 6 rings (SSSR count). The molecule has 0 N–H and O–H groups in total. The van der Waals surface area contributed by atoms with Crippen molar-refractivity contribution in [2.24, 2.45) is 0 Å². The molecular weight excluding hydrogens is 502 g/mol. The van der Waals surface area contributed by atoms with Crippen molar-refractivity contribution in [3.63, 3.8) is 0 Å². The van der Waals surface area contributed by atoms with E-state index in [9.17, 15) is 4.79 Å². The Hall–Kier alpha value is -4.03. The van der Waals surface area contributed by atoms with E-state index in [2.05, 4.69) is 99.9 Å². The number of rotatable bonds is 8. The Morgan fingerprint density at radius 3 is 2.33 bits per heavy atom. The lowest BCUT2D eigenvalue weighted by Crippen LogP contribution is -2.49. The number of aromatic nitrogens is 1. The summed E-state index contributed by atoms with van der Waals surface area (Å²) in [5.41, 5.74) is 4.88. The quantitative estimate of drug-likeness (QED) is 0.224. The summed E-state index contributed by atoms with van der Waals surface area (Å²) in [6.45, 7) is 3.94. The molecule has 3 aromatic carbocycles. The van der Waals surface area contributed by atoms with Crippen molar-refractivity contribution < 1.29 is 9.53 Å². The molecule has 1 amide bonds. The van der Waals surface area contributed by atoms with E-state index in [1.165, 1.54) is 32.6 Å². The maximum atomic E-state index is 13.7. The van der Waals surface area contributed by atoms with E-state index in [0.717, 1.165) is 38.5 Å². The van der Waals surface area contributed by atoms with Gasteiger partial charge in [0.1, 0.15) is 5.75 Å². The first-order valence-corrected chi connectivity index (χ1v) is 14.4. The number of amides is 1. The van der Waals surface area contributed by atoms with Crippen LogP contribution >= 0.6 is 11.3 Å². The largest absolute Gasteiger partial charge is 0.497 e. The van der Waals surface area contributed by atoms with Crippen LogP contribution in [0.3, 0.4) is 0 Å². The van der Waals surface area contributed by atoms with E-state index in [1.807, 2.05) is 17.0 Å². The second kappa shape index (κ2) is 11.4. The minimum atomic E-state index is 0.0269. The Balaban J connectivity index is 1.22. The number of benzene rings is 3. The minimum Gasteiger partial charge on any atom is -0.497 e. The highest BCUT2D eigenvalue weighted by Gasteiger charge is 2.28. The zero-order chi connectivity index (χ0) is 26.6. The third-order valence-corrected chi connectivity index (χ3v) is 8.71. The zero-order valence-electron chi connectivity index (χ0n) is 22.2. The van der Waals surface area contributed by atoms with E-state index in [0.29, 0.717) is 6.42 Å². The SMILES string of the molecule is COc1ccc(N2CCN(C(=O)CC(c3cccs3)c3cn(Cc4ccccc4)c4ccccc34)CC2)cc1. The van der Waals surface area contributed by atoms with Crippen LogP contribution in [-0.2, 0) is 11.3 Å². The molecule has 5 aromatic rings. The molecule has 0 aliphatic carbocycles. The summed E-state index contributed by atoms with van der Waals surface area (Å²) >= 11 is 1.74. The lowest BCUT2D eigenvalue weighted by atomic mass is 9.93. The first-order valence-electron chi connectivity index (χ1n) is 13.5. The van der Waals surface area contributed by atoms with Gasteiger partial charge in [-0.3, -0.25) is 4.79 Å². The number of thiophene rings is 1. The van der Waals surface area contributed by atoms with E-state index < -0.39 is 0 Å². The van der Waals surface area contributed by atoms with Gasteiger partial charge in [-0.25, -0.2) is 0 Å². The number of anilines is 1. The Morgan fingerprint density at radius 1 is 0.872 bits per heavy atom. The van der Waals surface area contributed by atoms with Crippen molar-refractivity contribution in [3.8, 4) is 5.75 Å². The van der Waals surface area contributed by atoms with Gasteiger partial charge in [0, 0.05) is 72.7 Å². The van der Waals surface area contributed by atoms with E-state index >= 15 is 0 Å². The van der Waals surface area contributed by atoms with Gasteiger partial charge in [-0.05, 0) is 52.9 Å². The topological polar surface area (TPSA) is 37.7 Å². The van der Waals surface area contributed by atoms with Crippen LogP contribution in [0.4, 0.5) is 5.69 Å². The highest BCUT2D eigenvalue weighted by molar-refractivity contribution is 7.10. The van der Waals surface area contributed by atoms with Crippen molar-refractivity contribution in [1.29, 1.82) is 0 Å². The molecule has 1 atom stereocenters. The number of piperazine rings is 1. The number of hydrogen-bond donors (Lipinski definition) is 0. The molecule has 1 unspecified atom stereocenters. The summed E-state index contributed by atoms with van der Waals surface area (Å²) in [6, 6.07) is 31.6. The van der Waals surface area contributed by atoms with Crippen LogP contribution < -0.4 is 9.64 Å². The van der Waals surface area contributed by atoms with Gasteiger partial charge in [-0.2, -0.15) is 0 Å². The molecule has 0 spiro atoms. The number of hydrogen-bond acceptors (Lipinski definition) is 4. The molecule has 1 aliphatic heterocycles. The molecule has 39 heavy (non-hydrogen) atoms. The molecule has 1 fully saturated rings. The first-order chi connectivity index (χ1) is 19.2. The van der Waals surface area contributed by atoms with Crippen molar-refractivity contribution in [1.82, 2.24) is 9.47 Å². The lowest BCUT2D eigenvalue weighted by Gasteiger charge is -2.36. The summed E-state index contributed by atoms with van der Waals surface area (Å²) in [7, 11) is 1.68. The third kappa shape index (κ3) is 5.43. The molecule has 2 aromatic heterocycles. The lowest BCUT2D eigenvalue weighted by molar-refractivity contribution is -0.131. The number of para-hydroxylation sites is 1. The standard InChI is InChI=1S/C33H33N3O2S/c1-38-27-15-13-26(14-16-27)34-17-19-35(20-18-34)33(37)22-29(32-12-7-21-39-32)30-24-36(23-25-8-3-2-4-9-25)31-11-6-5-10-28(30)31/h2-16,21,24,29H,17-20,22-23H2,1H3. The Bertz CT molecular complexity index is 1520. The second-order valence-corrected chi connectivity index (χ2v) is 11.0. The summed E-state index contributed by atoms with van der Waals surface area (Å²) in [5, 5.41) is 3.34. The van der Waals surface area contributed by atoms with Crippen LogP contribution in [0.25, 0.3) is 10.9 Å². The molecule has 3 heterocycles. The van der Waals surface area contributed by atoms with E-state index in [4.69, 9.17) is 4.74 Å². The van der Waals surface area contributed by atoms with Gasteiger partial charge in [-0.15, -0.1) is 11.3 Å². The number of fused-ring (bicyclic) bond motifs is 1. The van der Waals surface area contributed by atoms with E-state index in [-0.39, 0.29) is 11.8 Å². The highest BCUT2D eigenvalue weighted by atomic mass is 32.1. The summed E-state index contributed by atoms with van der Waals surface area (Å²) in [5.74, 6) is 1.11. The van der Waals surface area contributed by atoms with Gasteiger partial charge in [0.2, 0.25) is 5.91 Å². The Labute approximate surface area is 233 Å². The van der Waals surface area contributed by atoms with Gasteiger partial charge in [0.05, 0.1) is 7.11 Å². The van der Waals surface area contributed by atoms with Crippen LogP contribution in [0.5, 0.6) is 5.75 Å². The predicted octanol–water partition coefficient (Wildman–Crippen LogP) is 6.63. The number of carbonyl (C=O) groups is 1. The smallest absolute Gasteiger partial charge is 0.223 e. The van der Waals surface area contributed by atoms with Crippen LogP contribution in [0, 0.1) is 0 Å². The van der Waals surface area contributed by atoms with Crippen molar-refractivity contribution in [2.75, 3.05) is 38.2 Å². The summed E-state index contributed by atoms with van der Waals surface area (Å²) in [4.78, 5) is 19.4. The minimum absolute atomic E-state index is 0.0269. The average molecular weight is 536 g/mol. The third-order valence-electron chi connectivity index (χ3n) is 7.73. The fourth-order valence-corrected chi connectivity index (χ4v) is 6.47. The molecule has 6 heteroatoms. The summed E-state index contributed by atoms with van der Waals surface area (Å²) < 4.78 is 7.63. The Kier molecular flexibility index (Phi) is 7.37. The molecule has 1 aliphatic rings. The normalized spacial score (nSPS) is 14.5. The van der Waals surface area contributed by atoms with Crippen molar-refractivity contribution in [2.45, 2.75) is 18.9 Å². The van der Waals surface area contributed by atoms with Gasteiger partial charge in [-0.1, -0.05) is 54.6 Å². The molecule has 0 radical (unpaired) electrons. The highest BCUT2D eigenvalue weighted by Crippen LogP contribution is 2.37. The Morgan fingerprint density at radius 2 is 1.62 bits per heavy atom. The maximum absolute atomic E-state index is 13.7. The molecule has 1 saturated heterocycles. The van der Waals surface area contributed by atoms with Gasteiger partial charge in [0.15, 0.2) is 0 Å². The molecule has 5 nitrogen and oxygen atoms in total. The molecule has 198 valence electrons. The number of ether oxygens (including phenoxy) is 1. The predicted molar refractivity (Wildman–Crippen MR) is 160 cm³/mol. The zero-order valence-corrected chi connectivity index (χ0v) is 23.0.